The Kier molecular flexibility index (Phi) is 2.53. The van der Waals surface area contributed by atoms with Gasteiger partial charge in [0.1, 0.15) is 0 Å². The van der Waals surface area contributed by atoms with Crippen molar-refractivity contribution >= 4 is 24.0 Å². The van der Waals surface area contributed by atoms with Crippen LogP contribution in [0.5, 0.6) is 0 Å². The van der Waals surface area contributed by atoms with E-state index in [1.165, 1.54) is 0 Å². The third-order valence-electron chi connectivity index (χ3n) is 2.63. The molecule has 0 saturated carbocycles. The monoisotopic (exact) mass is 216 g/mol. The normalized spacial score (nSPS) is 15.3. The maximum atomic E-state index is 12.0. The van der Waals surface area contributed by atoms with Crippen molar-refractivity contribution in [3.05, 3.63) is 47.1 Å². The summed E-state index contributed by atoms with van der Waals surface area (Å²) in [5, 5.41) is 0. The molecule has 0 N–H and O–H groups in total. The minimum atomic E-state index is 0.119. The van der Waals surface area contributed by atoms with Crippen LogP contribution in [0.4, 0.5) is 0 Å². The highest BCUT2D eigenvalue weighted by Gasteiger charge is 2.24. The van der Waals surface area contributed by atoms with E-state index in [1.807, 2.05) is 44.2 Å². The van der Waals surface area contributed by atoms with Crippen molar-refractivity contribution in [2.45, 2.75) is 18.7 Å². The second kappa shape index (κ2) is 3.70. The summed E-state index contributed by atoms with van der Waals surface area (Å²) < 4.78 is 0. The largest absolute Gasteiger partial charge is 0.289 e. The van der Waals surface area contributed by atoms with Crippen LogP contribution >= 0.6 is 12.6 Å². The van der Waals surface area contributed by atoms with Crippen molar-refractivity contribution < 1.29 is 4.79 Å². The molecule has 0 bridgehead atoms. The number of ketones is 1. The number of carbonyl (C=O) groups excluding carboxylic acids is 1. The van der Waals surface area contributed by atoms with Gasteiger partial charge < -0.3 is 0 Å². The first-order chi connectivity index (χ1) is 7.15. The number of hydrogen-bond donors (Lipinski definition) is 1. The summed E-state index contributed by atoms with van der Waals surface area (Å²) in [5.41, 5.74) is 3.65. The van der Waals surface area contributed by atoms with Crippen LogP contribution in [0.1, 0.15) is 29.8 Å². The van der Waals surface area contributed by atoms with Gasteiger partial charge in [0.25, 0.3) is 0 Å². The minimum absolute atomic E-state index is 0.119. The number of thiol groups is 1. The molecule has 0 fully saturated rings. The van der Waals surface area contributed by atoms with Gasteiger partial charge in [-0.2, -0.15) is 0 Å². The molecular formula is C13H12OS. The quantitative estimate of drug-likeness (QED) is 0.711. The van der Waals surface area contributed by atoms with Crippen molar-refractivity contribution in [3.8, 4) is 0 Å². The Balaban J connectivity index is 2.64. The first-order valence-corrected chi connectivity index (χ1v) is 5.31. The fourth-order valence-corrected chi connectivity index (χ4v) is 2.07. The topological polar surface area (TPSA) is 17.1 Å². The molecule has 0 amide bonds. The lowest BCUT2D eigenvalue weighted by Gasteiger charge is -1.99. The van der Waals surface area contributed by atoms with Crippen LogP contribution in [-0.4, -0.2) is 5.78 Å². The van der Waals surface area contributed by atoms with E-state index < -0.39 is 0 Å². The number of rotatable bonds is 1. The van der Waals surface area contributed by atoms with Crippen LogP contribution in [-0.2, 0) is 0 Å². The van der Waals surface area contributed by atoms with Gasteiger partial charge in [-0.05, 0) is 43.2 Å². The zero-order valence-electron chi connectivity index (χ0n) is 8.74. The molecule has 2 rings (SSSR count). The van der Waals surface area contributed by atoms with Crippen molar-refractivity contribution in [1.29, 1.82) is 0 Å². The van der Waals surface area contributed by atoms with Crippen LogP contribution in [0.2, 0.25) is 0 Å². The van der Waals surface area contributed by atoms with Gasteiger partial charge in [0.2, 0.25) is 0 Å². The molecule has 0 radical (unpaired) electrons. The second-order valence-corrected chi connectivity index (χ2v) is 4.11. The van der Waals surface area contributed by atoms with E-state index in [-0.39, 0.29) is 5.78 Å². The molecule has 0 aliphatic heterocycles. The lowest BCUT2D eigenvalue weighted by Crippen LogP contribution is -1.96. The summed E-state index contributed by atoms with van der Waals surface area (Å²) in [4.78, 5) is 12.9. The standard InChI is InChI=1S/C13H12OS/c1-3-4-10-8(2)12-7-9(15)5-6-11(12)13(10)14/h3-7,15H,1-2H3/b4-3+. The Hall–Kier alpha value is -1.28. The van der Waals surface area contributed by atoms with Crippen molar-refractivity contribution in [3.63, 3.8) is 0 Å². The fraction of sp³-hybridized carbons (Fsp3) is 0.154. The molecular weight excluding hydrogens is 204 g/mol. The number of Topliss-reactive ketones (excluding diaryl/α,β-unsaturated/α-hetero) is 1. The molecule has 1 aromatic rings. The average Bonchev–Trinajstić information content (AvgIpc) is 2.44. The van der Waals surface area contributed by atoms with Gasteiger partial charge >= 0.3 is 0 Å². The molecule has 1 aliphatic rings. The average molecular weight is 216 g/mol. The summed E-state index contributed by atoms with van der Waals surface area (Å²) >= 11 is 4.28. The summed E-state index contributed by atoms with van der Waals surface area (Å²) in [6, 6.07) is 5.65. The van der Waals surface area contributed by atoms with Gasteiger partial charge in [-0.1, -0.05) is 12.2 Å². The SMILES string of the molecule is C/C=C/C1=C(C)c2cc(S)ccc2C1=O. The number of carbonyl (C=O) groups is 1. The highest BCUT2D eigenvalue weighted by Crippen LogP contribution is 2.34. The summed E-state index contributed by atoms with van der Waals surface area (Å²) in [6.45, 7) is 3.90. The molecule has 0 atom stereocenters. The molecule has 0 aromatic heterocycles. The Bertz CT molecular complexity index is 495. The molecule has 0 saturated heterocycles. The first-order valence-electron chi connectivity index (χ1n) is 4.87. The zero-order chi connectivity index (χ0) is 11.0. The summed E-state index contributed by atoms with van der Waals surface area (Å²) in [6.07, 6.45) is 3.76. The molecule has 2 heteroatoms. The zero-order valence-corrected chi connectivity index (χ0v) is 9.64. The fourth-order valence-electron chi connectivity index (χ4n) is 1.87. The Labute approximate surface area is 94.9 Å². The smallest absolute Gasteiger partial charge is 0.193 e. The molecule has 1 aromatic carbocycles. The molecule has 0 spiro atoms. The Morgan fingerprint density at radius 1 is 1.27 bits per heavy atom. The molecule has 1 nitrogen and oxygen atoms in total. The lowest BCUT2D eigenvalue weighted by molar-refractivity contribution is 0.104. The first kappa shape index (κ1) is 10.2. The molecule has 76 valence electrons. The Morgan fingerprint density at radius 3 is 2.67 bits per heavy atom. The van der Waals surface area contributed by atoms with E-state index >= 15 is 0 Å². The molecule has 0 unspecified atom stereocenters. The van der Waals surface area contributed by atoms with Gasteiger partial charge in [0.15, 0.2) is 5.78 Å². The van der Waals surface area contributed by atoms with Gasteiger partial charge in [-0.3, -0.25) is 4.79 Å². The number of hydrogen-bond acceptors (Lipinski definition) is 2. The van der Waals surface area contributed by atoms with Gasteiger partial charge in [0.05, 0.1) is 0 Å². The number of benzene rings is 1. The molecule has 0 heterocycles. The summed E-state index contributed by atoms with van der Waals surface area (Å²) in [7, 11) is 0. The third kappa shape index (κ3) is 1.55. The van der Waals surface area contributed by atoms with Crippen molar-refractivity contribution in [2.75, 3.05) is 0 Å². The lowest BCUT2D eigenvalue weighted by atomic mass is 10.1. The van der Waals surface area contributed by atoms with E-state index in [4.69, 9.17) is 0 Å². The van der Waals surface area contributed by atoms with E-state index in [2.05, 4.69) is 12.6 Å². The molecule has 1 aliphatic carbocycles. The van der Waals surface area contributed by atoms with Crippen LogP contribution < -0.4 is 0 Å². The van der Waals surface area contributed by atoms with E-state index in [1.54, 1.807) is 0 Å². The van der Waals surface area contributed by atoms with Crippen LogP contribution in [0, 0.1) is 0 Å². The second-order valence-electron chi connectivity index (χ2n) is 3.60. The van der Waals surface area contributed by atoms with Gasteiger partial charge in [0, 0.05) is 16.0 Å². The Morgan fingerprint density at radius 2 is 2.00 bits per heavy atom. The van der Waals surface area contributed by atoms with Crippen molar-refractivity contribution in [1.82, 2.24) is 0 Å². The maximum Gasteiger partial charge on any atom is 0.193 e. The summed E-state index contributed by atoms with van der Waals surface area (Å²) in [5.74, 6) is 0.119. The third-order valence-corrected chi connectivity index (χ3v) is 2.91. The van der Waals surface area contributed by atoms with Gasteiger partial charge in [-0.15, -0.1) is 12.6 Å². The van der Waals surface area contributed by atoms with E-state index in [0.717, 1.165) is 27.2 Å². The highest BCUT2D eigenvalue weighted by atomic mass is 32.1. The number of fused-ring (bicyclic) bond motifs is 1. The molecule has 15 heavy (non-hydrogen) atoms. The van der Waals surface area contributed by atoms with Crippen LogP contribution in [0.25, 0.3) is 5.57 Å². The van der Waals surface area contributed by atoms with E-state index in [0.29, 0.717) is 0 Å². The predicted octanol–water partition coefficient (Wildman–Crippen LogP) is 3.52. The van der Waals surface area contributed by atoms with Gasteiger partial charge in [-0.25, -0.2) is 0 Å². The highest BCUT2D eigenvalue weighted by molar-refractivity contribution is 7.80. The van der Waals surface area contributed by atoms with Crippen LogP contribution in [0.15, 0.2) is 40.8 Å². The van der Waals surface area contributed by atoms with E-state index in [9.17, 15) is 4.79 Å². The maximum absolute atomic E-state index is 12.0. The predicted molar refractivity (Wildman–Crippen MR) is 65.4 cm³/mol. The van der Waals surface area contributed by atoms with Crippen molar-refractivity contribution in [2.24, 2.45) is 0 Å². The minimum Gasteiger partial charge on any atom is -0.289 e. The van der Waals surface area contributed by atoms with Crippen LogP contribution in [0.3, 0.4) is 0 Å². The number of allylic oxidation sites excluding steroid dienone is 4.